The van der Waals surface area contributed by atoms with Gasteiger partial charge in [-0.25, -0.2) is 5.43 Å². The first-order valence-corrected chi connectivity index (χ1v) is 6.04. The highest BCUT2D eigenvalue weighted by molar-refractivity contribution is 9.10. The molecule has 1 N–H and O–H groups in total. The summed E-state index contributed by atoms with van der Waals surface area (Å²) in [6, 6.07) is 10.8. The van der Waals surface area contributed by atoms with Crippen LogP contribution in [-0.4, -0.2) is 17.1 Å². The van der Waals surface area contributed by atoms with Crippen molar-refractivity contribution in [3.8, 4) is 0 Å². The van der Waals surface area contributed by atoms with Gasteiger partial charge in [-0.3, -0.25) is 9.78 Å². The summed E-state index contributed by atoms with van der Waals surface area (Å²) in [7, 11) is 0. The molecule has 0 aliphatic heterocycles. The van der Waals surface area contributed by atoms with Crippen molar-refractivity contribution in [2.45, 2.75) is 0 Å². The standard InChI is InChI=1S/C13H10BrN3O/c14-12-4-2-1-3-11(12)13(18)17-16-9-10-5-7-15-8-6-10/h1-9H,(H,17,18). The first-order chi connectivity index (χ1) is 8.77. The molecule has 5 heteroatoms. The van der Waals surface area contributed by atoms with Crippen molar-refractivity contribution in [3.63, 3.8) is 0 Å². The van der Waals surface area contributed by atoms with Gasteiger partial charge >= 0.3 is 0 Å². The fraction of sp³-hybridized carbons (Fsp3) is 0. The van der Waals surface area contributed by atoms with Crippen molar-refractivity contribution in [1.29, 1.82) is 0 Å². The number of carbonyl (C=O) groups is 1. The predicted molar refractivity (Wildman–Crippen MR) is 73.4 cm³/mol. The Bertz CT molecular complexity index is 569. The topological polar surface area (TPSA) is 54.4 Å². The molecule has 4 nitrogen and oxygen atoms in total. The Hall–Kier alpha value is -2.01. The van der Waals surface area contributed by atoms with E-state index in [2.05, 4.69) is 31.4 Å². The zero-order valence-corrected chi connectivity index (χ0v) is 11.0. The van der Waals surface area contributed by atoms with Crippen LogP contribution in [0.2, 0.25) is 0 Å². The van der Waals surface area contributed by atoms with Crippen LogP contribution in [0, 0.1) is 0 Å². The van der Waals surface area contributed by atoms with E-state index in [9.17, 15) is 4.79 Å². The molecule has 0 aliphatic carbocycles. The lowest BCUT2D eigenvalue weighted by Crippen LogP contribution is -2.18. The minimum atomic E-state index is -0.257. The number of hydrogen-bond acceptors (Lipinski definition) is 3. The number of aromatic nitrogens is 1. The Balaban J connectivity index is 2.01. The molecule has 1 aromatic carbocycles. The number of carbonyl (C=O) groups excluding carboxylic acids is 1. The number of amides is 1. The van der Waals surface area contributed by atoms with E-state index in [0.717, 1.165) is 10.0 Å². The van der Waals surface area contributed by atoms with Crippen LogP contribution in [0.4, 0.5) is 0 Å². The van der Waals surface area contributed by atoms with Crippen molar-refractivity contribution in [3.05, 3.63) is 64.4 Å². The van der Waals surface area contributed by atoms with Crippen molar-refractivity contribution < 1.29 is 4.79 Å². The molecule has 2 aromatic rings. The second-order valence-corrected chi connectivity index (χ2v) is 4.31. The second kappa shape index (κ2) is 6.07. The van der Waals surface area contributed by atoms with Gasteiger partial charge in [0, 0.05) is 16.9 Å². The fourth-order valence-corrected chi connectivity index (χ4v) is 1.79. The number of nitrogens with one attached hydrogen (secondary N) is 1. The third-order valence-corrected chi connectivity index (χ3v) is 2.90. The average Bonchev–Trinajstić information content (AvgIpc) is 2.40. The summed E-state index contributed by atoms with van der Waals surface area (Å²) in [5.41, 5.74) is 3.89. The summed E-state index contributed by atoms with van der Waals surface area (Å²) in [6.45, 7) is 0. The van der Waals surface area contributed by atoms with E-state index in [1.54, 1.807) is 42.9 Å². The van der Waals surface area contributed by atoms with E-state index in [0.29, 0.717) is 5.56 Å². The number of pyridine rings is 1. The molecule has 90 valence electrons. The van der Waals surface area contributed by atoms with E-state index in [-0.39, 0.29) is 5.91 Å². The summed E-state index contributed by atoms with van der Waals surface area (Å²) in [5, 5.41) is 3.89. The van der Waals surface area contributed by atoms with Gasteiger partial charge in [0.2, 0.25) is 0 Å². The maximum absolute atomic E-state index is 11.8. The molecule has 1 heterocycles. The molecular formula is C13H10BrN3O. The van der Waals surface area contributed by atoms with E-state index >= 15 is 0 Å². The average molecular weight is 304 g/mol. The molecule has 18 heavy (non-hydrogen) atoms. The van der Waals surface area contributed by atoms with E-state index in [4.69, 9.17) is 0 Å². The van der Waals surface area contributed by atoms with Gasteiger partial charge in [0.25, 0.3) is 5.91 Å². The van der Waals surface area contributed by atoms with Gasteiger partial charge in [-0.15, -0.1) is 0 Å². The summed E-state index contributed by atoms with van der Waals surface area (Å²) in [4.78, 5) is 15.7. The first kappa shape index (κ1) is 12.4. The van der Waals surface area contributed by atoms with E-state index in [1.807, 2.05) is 12.1 Å². The van der Waals surface area contributed by atoms with Gasteiger partial charge in [0.1, 0.15) is 0 Å². The maximum atomic E-state index is 11.8. The highest BCUT2D eigenvalue weighted by Crippen LogP contribution is 2.15. The molecule has 0 radical (unpaired) electrons. The molecular weight excluding hydrogens is 294 g/mol. The van der Waals surface area contributed by atoms with Gasteiger partial charge in [-0.05, 0) is 45.8 Å². The molecule has 2 rings (SSSR count). The molecule has 0 bridgehead atoms. The Labute approximate surface area is 113 Å². The second-order valence-electron chi connectivity index (χ2n) is 3.46. The third kappa shape index (κ3) is 3.24. The van der Waals surface area contributed by atoms with Crippen molar-refractivity contribution >= 4 is 28.1 Å². The Kier molecular flexibility index (Phi) is 4.20. The number of benzene rings is 1. The Morgan fingerprint density at radius 3 is 2.67 bits per heavy atom. The van der Waals surface area contributed by atoms with E-state index < -0.39 is 0 Å². The lowest BCUT2D eigenvalue weighted by molar-refractivity contribution is 0.0954. The normalized spacial score (nSPS) is 10.5. The summed E-state index contributed by atoms with van der Waals surface area (Å²) < 4.78 is 0.738. The molecule has 0 fully saturated rings. The first-order valence-electron chi connectivity index (χ1n) is 5.25. The minimum absolute atomic E-state index is 0.257. The lowest BCUT2D eigenvalue weighted by Gasteiger charge is -2.01. The van der Waals surface area contributed by atoms with Gasteiger partial charge in [0.15, 0.2) is 0 Å². The van der Waals surface area contributed by atoms with Gasteiger partial charge < -0.3 is 0 Å². The summed E-state index contributed by atoms with van der Waals surface area (Å²) in [5.74, 6) is -0.257. The van der Waals surface area contributed by atoms with Gasteiger partial charge in [-0.1, -0.05) is 12.1 Å². The van der Waals surface area contributed by atoms with Crippen LogP contribution in [0.5, 0.6) is 0 Å². The monoisotopic (exact) mass is 303 g/mol. The number of nitrogens with zero attached hydrogens (tertiary/aromatic N) is 2. The molecule has 0 aliphatic rings. The molecule has 0 atom stereocenters. The smallest absolute Gasteiger partial charge is 0.267 e. The molecule has 0 unspecified atom stereocenters. The molecule has 0 saturated carbocycles. The number of rotatable bonds is 3. The van der Waals surface area contributed by atoms with Crippen LogP contribution in [0.1, 0.15) is 15.9 Å². The highest BCUT2D eigenvalue weighted by atomic mass is 79.9. The van der Waals surface area contributed by atoms with Crippen molar-refractivity contribution in [2.24, 2.45) is 5.10 Å². The molecule has 0 spiro atoms. The summed E-state index contributed by atoms with van der Waals surface area (Å²) in [6.07, 6.45) is 4.89. The van der Waals surface area contributed by atoms with Crippen LogP contribution in [0.3, 0.4) is 0 Å². The SMILES string of the molecule is O=C(NN=Cc1ccncc1)c1ccccc1Br. The van der Waals surface area contributed by atoms with Crippen molar-refractivity contribution in [1.82, 2.24) is 10.4 Å². The van der Waals surface area contributed by atoms with Crippen LogP contribution in [0.15, 0.2) is 58.4 Å². The third-order valence-electron chi connectivity index (χ3n) is 2.20. The zero-order valence-electron chi connectivity index (χ0n) is 9.38. The van der Waals surface area contributed by atoms with Gasteiger partial charge in [0.05, 0.1) is 11.8 Å². The Morgan fingerprint density at radius 2 is 1.94 bits per heavy atom. The predicted octanol–water partition coefficient (Wildman–Crippen LogP) is 2.61. The minimum Gasteiger partial charge on any atom is -0.267 e. The van der Waals surface area contributed by atoms with Crippen LogP contribution >= 0.6 is 15.9 Å². The maximum Gasteiger partial charge on any atom is 0.272 e. The van der Waals surface area contributed by atoms with Gasteiger partial charge in [-0.2, -0.15) is 5.10 Å². The largest absolute Gasteiger partial charge is 0.272 e. The number of hydrazone groups is 1. The van der Waals surface area contributed by atoms with Crippen LogP contribution in [0.25, 0.3) is 0 Å². The highest BCUT2D eigenvalue weighted by Gasteiger charge is 2.07. The quantitative estimate of drug-likeness (QED) is 0.700. The summed E-state index contributed by atoms with van der Waals surface area (Å²) >= 11 is 3.31. The van der Waals surface area contributed by atoms with E-state index in [1.165, 1.54) is 0 Å². The van der Waals surface area contributed by atoms with Crippen LogP contribution in [-0.2, 0) is 0 Å². The Morgan fingerprint density at radius 1 is 1.22 bits per heavy atom. The zero-order chi connectivity index (χ0) is 12.8. The number of halogens is 1. The van der Waals surface area contributed by atoms with Crippen molar-refractivity contribution in [2.75, 3.05) is 0 Å². The fourth-order valence-electron chi connectivity index (χ4n) is 1.32. The molecule has 0 saturated heterocycles. The lowest BCUT2D eigenvalue weighted by atomic mass is 10.2. The van der Waals surface area contributed by atoms with Crippen LogP contribution < -0.4 is 5.43 Å². The molecule has 1 aromatic heterocycles. The number of hydrogen-bond donors (Lipinski definition) is 1. The molecule has 1 amide bonds.